The highest BCUT2D eigenvalue weighted by atomic mass is 79.9. The zero-order valence-corrected chi connectivity index (χ0v) is 13.6. The van der Waals surface area contributed by atoms with Gasteiger partial charge in [-0.05, 0) is 63.6 Å². The Bertz CT molecular complexity index is 485. The van der Waals surface area contributed by atoms with Crippen molar-refractivity contribution >= 4 is 15.9 Å². The molecule has 1 aromatic rings. The molecule has 0 radical (unpaired) electrons. The lowest BCUT2D eigenvalue weighted by Gasteiger charge is -2.39. The van der Waals surface area contributed by atoms with E-state index in [1.807, 2.05) is 12.4 Å². The van der Waals surface area contributed by atoms with Crippen LogP contribution in [0, 0.1) is 16.7 Å². The minimum atomic E-state index is 0.455. The van der Waals surface area contributed by atoms with Crippen molar-refractivity contribution in [3.8, 4) is 0 Å². The van der Waals surface area contributed by atoms with Crippen LogP contribution in [0.5, 0.6) is 0 Å². The van der Waals surface area contributed by atoms with E-state index >= 15 is 0 Å². The van der Waals surface area contributed by atoms with E-state index in [9.17, 15) is 0 Å². The maximum atomic E-state index is 4.24. The molecule has 1 N–H and O–H groups in total. The first-order valence-corrected chi connectivity index (χ1v) is 8.05. The number of rotatable bonds is 3. The summed E-state index contributed by atoms with van der Waals surface area (Å²) in [6.07, 6.45) is 7.92. The Labute approximate surface area is 124 Å². The third kappa shape index (κ3) is 2.06. The van der Waals surface area contributed by atoms with Crippen molar-refractivity contribution in [2.24, 2.45) is 16.7 Å². The van der Waals surface area contributed by atoms with Crippen LogP contribution >= 0.6 is 15.9 Å². The molecule has 3 heteroatoms. The average molecular weight is 323 g/mol. The number of hydrogen-bond acceptors (Lipinski definition) is 2. The van der Waals surface area contributed by atoms with Gasteiger partial charge in [0.2, 0.25) is 0 Å². The molecule has 104 valence electrons. The third-order valence-electron chi connectivity index (χ3n) is 6.11. The van der Waals surface area contributed by atoms with Crippen molar-refractivity contribution in [1.82, 2.24) is 10.3 Å². The Balaban J connectivity index is 1.69. The van der Waals surface area contributed by atoms with Crippen LogP contribution in [0.25, 0.3) is 0 Å². The van der Waals surface area contributed by atoms with Crippen LogP contribution in [0.3, 0.4) is 0 Å². The molecule has 0 saturated heterocycles. The molecule has 0 aromatic carbocycles. The van der Waals surface area contributed by atoms with Crippen molar-refractivity contribution in [3.63, 3.8) is 0 Å². The highest BCUT2D eigenvalue weighted by Gasteiger charge is 2.60. The van der Waals surface area contributed by atoms with Crippen LogP contribution < -0.4 is 5.32 Å². The lowest BCUT2D eigenvalue weighted by atomic mass is 9.69. The molecule has 2 fully saturated rings. The van der Waals surface area contributed by atoms with Gasteiger partial charge in [-0.3, -0.25) is 4.98 Å². The van der Waals surface area contributed by atoms with E-state index in [1.165, 1.54) is 24.8 Å². The molecular weight excluding hydrogens is 300 g/mol. The number of pyridine rings is 1. The Hall–Kier alpha value is -0.410. The van der Waals surface area contributed by atoms with E-state index in [0.717, 1.165) is 16.9 Å². The van der Waals surface area contributed by atoms with E-state index in [-0.39, 0.29) is 0 Å². The number of hydrogen-bond donors (Lipinski definition) is 1. The third-order valence-corrected chi connectivity index (χ3v) is 6.54. The van der Waals surface area contributed by atoms with Crippen LogP contribution in [0.1, 0.15) is 45.6 Å². The fraction of sp³-hybridized carbons (Fsp3) is 0.688. The zero-order valence-electron chi connectivity index (χ0n) is 12.0. The second-order valence-corrected chi connectivity index (χ2v) is 7.97. The van der Waals surface area contributed by atoms with Gasteiger partial charge in [0, 0.05) is 29.5 Å². The molecular formula is C16H23BrN2. The minimum absolute atomic E-state index is 0.455. The second kappa shape index (κ2) is 4.56. The summed E-state index contributed by atoms with van der Waals surface area (Å²) in [5.41, 5.74) is 2.20. The molecule has 2 bridgehead atoms. The summed E-state index contributed by atoms with van der Waals surface area (Å²) in [4.78, 5) is 4.24. The summed E-state index contributed by atoms with van der Waals surface area (Å²) in [7, 11) is 0. The Morgan fingerprint density at radius 1 is 1.37 bits per heavy atom. The standard InChI is InChI=1S/C16H23BrN2/c1-15(2)12-4-5-16(15,3)14(7-12)19-9-11-6-13(17)10-18-8-11/h6,8,10,12,14,19H,4-5,7,9H2,1-3H3. The van der Waals surface area contributed by atoms with Crippen molar-refractivity contribution < 1.29 is 0 Å². The Morgan fingerprint density at radius 2 is 2.16 bits per heavy atom. The molecule has 2 aliphatic rings. The molecule has 0 aliphatic heterocycles. The zero-order chi connectivity index (χ0) is 13.7. The van der Waals surface area contributed by atoms with Crippen LogP contribution in [-0.2, 0) is 6.54 Å². The van der Waals surface area contributed by atoms with Crippen molar-refractivity contribution in [2.75, 3.05) is 0 Å². The molecule has 1 aromatic heterocycles. The molecule has 19 heavy (non-hydrogen) atoms. The van der Waals surface area contributed by atoms with Gasteiger partial charge in [-0.25, -0.2) is 0 Å². The number of aromatic nitrogens is 1. The molecule has 2 aliphatic carbocycles. The fourth-order valence-corrected chi connectivity index (χ4v) is 4.72. The van der Waals surface area contributed by atoms with E-state index in [1.54, 1.807) is 0 Å². The molecule has 0 spiro atoms. The number of fused-ring (bicyclic) bond motifs is 2. The van der Waals surface area contributed by atoms with Gasteiger partial charge in [0.25, 0.3) is 0 Å². The molecule has 1 heterocycles. The highest BCUT2D eigenvalue weighted by Crippen LogP contribution is 2.65. The fourth-order valence-electron chi connectivity index (χ4n) is 4.31. The molecule has 3 unspecified atom stereocenters. The second-order valence-electron chi connectivity index (χ2n) is 7.06. The summed E-state index contributed by atoms with van der Waals surface area (Å²) in [6.45, 7) is 8.34. The van der Waals surface area contributed by atoms with E-state index < -0.39 is 0 Å². The number of nitrogens with zero attached hydrogens (tertiary/aromatic N) is 1. The maximum absolute atomic E-state index is 4.24. The van der Waals surface area contributed by atoms with Crippen LogP contribution in [0.2, 0.25) is 0 Å². The quantitative estimate of drug-likeness (QED) is 0.904. The summed E-state index contributed by atoms with van der Waals surface area (Å²) in [6, 6.07) is 2.81. The number of halogens is 1. The molecule has 2 nitrogen and oxygen atoms in total. The SMILES string of the molecule is CC1(C)C2CCC1(C)C(NCc1cncc(Br)c1)C2. The number of nitrogens with one attached hydrogen (secondary N) is 1. The van der Waals surface area contributed by atoms with Gasteiger partial charge >= 0.3 is 0 Å². The minimum Gasteiger partial charge on any atom is -0.309 e. The predicted molar refractivity (Wildman–Crippen MR) is 81.8 cm³/mol. The van der Waals surface area contributed by atoms with Gasteiger partial charge in [-0.2, -0.15) is 0 Å². The largest absolute Gasteiger partial charge is 0.309 e. The lowest BCUT2D eigenvalue weighted by molar-refractivity contribution is 0.120. The summed E-state index contributed by atoms with van der Waals surface area (Å²) < 4.78 is 1.06. The van der Waals surface area contributed by atoms with E-state index in [0.29, 0.717) is 16.9 Å². The monoisotopic (exact) mass is 322 g/mol. The van der Waals surface area contributed by atoms with Gasteiger partial charge in [0.1, 0.15) is 0 Å². The van der Waals surface area contributed by atoms with Gasteiger partial charge < -0.3 is 5.32 Å². The summed E-state index contributed by atoms with van der Waals surface area (Å²) >= 11 is 3.49. The van der Waals surface area contributed by atoms with Gasteiger partial charge in [0.05, 0.1) is 0 Å². The van der Waals surface area contributed by atoms with Gasteiger partial charge in [-0.15, -0.1) is 0 Å². The topological polar surface area (TPSA) is 24.9 Å². The molecule has 3 rings (SSSR count). The smallest absolute Gasteiger partial charge is 0.0410 e. The molecule has 0 amide bonds. The van der Waals surface area contributed by atoms with E-state index in [4.69, 9.17) is 0 Å². The molecule has 2 saturated carbocycles. The predicted octanol–water partition coefficient (Wildman–Crippen LogP) is 4.15. The van der Waals surface area contributed by atoms with Crippen LogP contribution in [-0.4, -0.2) is 11.0 Å². The van der Waals surface area contributed by atoms with Crippen molar-refractivity contribution in [1.29, 1.82) is 0 Å². The Morgan fingerprint density at radius 3 is 2.74 bits per heavy atom. The Kier molecular flexibility index (Phi) is 3.25. The first-order chi connectivity index (χ1) is 8.93. The summed E-state index contributed by atoms with van der Waals surface area (Å²) in [5.74, 6) is 0.899. The maximum Gasteiger partial charge on any atom is 0.0410 e. The van der Waals surface area contributed by atoms with E-state index in [2.05, 4.69) is 53.1 Å². The average Bonchev–Trinajstić information content (AvgIpc) is 2.69. The normalized spacial score (nSPS) is 35.8. The first-order valence-electron chi connectivity index (χ1n) is 7.26. The van der Waals surface area contributed by atoms with Gasteiger partial charge in [-0.1, -0.05) is 20.8 Å². The van der Waals surface area contributed by atoms with Crippen LogP contribution in [0.15, 0.2) is 22.9 Å². The molecule has 3 atom stereocenters. The highest BCUT2D eigenvalue weighted by molar-refractivity contribution is 9.10. The van der Waals surface area contributed by atoms with Gasteiger partial charge in [0.15, 0.2) is 0 Å². The first kappa shape index (κ1) is 13.6. The van der Waals surface area contributed by atoms with Crippen molar-refractivity contribution in [2.45, 2.75) is 52.6 Å². The van der Waals surface area contributed by atoms with Crippen molar-refractivity contribution in [3.05, 3.63) is 28.5 Å². The lowest BCUT2D eigenvalue weighted by Crippen LogP contribution is -2.44. The van der Waals surface area contributed by atoms with Crippen LogP contribution in [0.4, 0.5) is 0 Å². The summed E-state index contributed by atoms with van der Waals surface area (Å²) in [5, 5.41) is 3.79.